The number of fused-ring (bicyclic) bond motifs is 1. The number of hydrogen-bond donors (Lipinski definition) is 3. The first-order chi connectivity index (χ1) is 10.2. The first-order valence-corrected chi connectivity index (χ1v) is 7.60. The highest BCUT2D eigenvalue weighted by molar-refractivity contribution is 5.27. The first kappa shape index (κ1) is 14.3. The largest absolute Gasteiger partial charge is 0.394 e. The van der Waals surface area contributed by atoms with E-state index in [1.807, 2.05) is 17.8 Å². The van der Waals surface area contributed by atoms with E-state index in [4.69, 9.17) is 5.11 Å². The number of H-pyrrole nitrogens is 1. The predicted molar refractivity (Wildman–Crippen MR) is 79.9 cm³/mol. The molecule has 21 heavy (non-hydrogen) atoms. The highest BCUT2D eigenvalue weighted by Crippen LogP contribution is 2.30. The Morgan fingerprint density at radius 3 is 3.05 bits per heavy atom. The molecule has 3 N–H and O–H groups in total. The number of aromatic amines is 1. The summed E-state index contributed by atoms with van der Waals surface area (Å²) >= 11 is 0. The van der Waals surface area contributed by atoms with Gasteiger partial charge in [-0.3, -0.25) is 9.78 Å². The Bertz CT molecular complexity index is 596. The molecule has 0 radical (unpaired) electrons. The van der Waals surface area contributed by atoms with Gasteiger partial charge in [0.15, 0.2) is 0 Å². The van der Waals surface area contributed by atoms with Gasteiger partial charge in [0.25, 0.3) is 0 Å². The van der Waals surface area contributed by atoms with Crippen LogP contribution in [0, 0.1) is 13.8 Å². The summed E-state index contributed by atoms with van der Waals surface area (Å²) in [4.78, 5) is 0. The summed E-state index contributed by atoms with van der Waals surface area (Å²) in [5.41, 5.74) is 6.01. The molecule has 1 unspecified atom stereocenters. The lowest BCUT2D eigenvalue weighted by Gasteiger charge is -2.24. The van der Waals surface area contributed by atoms with E-state index in [2.05, 4.69) is 27.5 Å². The fourth-order valence-electron chi connectivity index (χ4n) is 3.18. The van der Waals surface area contributed by atoms with E-state index in [1.54, 1.807) is 0 Å². The van der Waals surface area contributed by atoms with Crippen LogP contribution < -0.4 is 5.32 Å². The fraction of sp³-hybridized carbons (Fsp3) is 0.600. The minimum Gasteiger partial charge on any atom is -0.394 e. The maximum atomic E-state index is 9.11. The Morgan fingerprint density at radius 1 is 1.48 bits per heavy atom. The summed E-state index contributed by atoms with van der Waals surface area (Å²) < 4.78 is 1.94. The van der Waals surface area contributed by atoms with Gasteiger partial charge in [-0.1, -0.05) is 0 Å². The SMILES string of the molecule is Cc1n[nH]c(C)c1CNC1CCCc2c1cnn2CCO. The Morgan fingerprint density at radius 2 is 2.33 bits per heavy atom. The van der Waals surface area contributed by atoms with Crippen LogP contribution in [0.4, 0.5) is 0 Å². The van der Waals surface area contributed by atoms with Crippen LogP contribution in [0.15, 0.2) is 6.20 Å². The van der Waals surface area contributed by atoms with E-state index in [1.165, 1.54) is 16.8 Å². The third-order valence-corrected chi connectivity index (χ3v) is 4.38. The maximum absolute atomic E-state index is 9.11. The van der Waals surface area contributed by atoms with Crippen LogP contribution in [0.5, 0.6) is 0 Å². The normalized spacial score (nSPS) is 18.0. The van der Waals surface area contributed by atoms with Gasteiger partial charge in [-0.2, -0.15) is 10.2 Å². The minimum atomic E-state index is 0.139. The van der Waals surface area contributed by atoms with Gasteiger partial charge in [-0.05, 0) is 33.1 Å². The molecular formula is C15H23N5O. The lowest BCUT2D eigenvalue weighted by Crippen LogP contribution is -2.25. The van der Waals surface area contributed by atoms with Gasteiger partial charge in [-0.15, -0.1) is 0 Å². The summed E-state index contributed by atoms with van der Waals surface area (Å²) in [5.74, 6) is 0. The third-order valence-electron chi connectivity index (χ3n) is 4.38. The van der Waals surface area contributed by atoms with E-state index in [9.17, 15) is 0 Å². The van der Waals surface area contributed by atoms with Gasteiger partial charge in [0, 0.05) is 35.1 Å². The van der Waals surface area contributed by atoms with Crippen LogP contribution in [0.1, 0.15) is 47.1 Å². The maximum Gasteiger partial charge on any atom is 0.0644 e. The Balaban J connectivity index is 1.74. The van der Waals surface area contributed by atoms with Gasteiger partial charge < -0.3 is 10.4 Å². The molecule has 1 atom stereocenters. The van der Waals surface area contributed by atoms with Crippen LogP contribution in [-0.4, -0.2) is 31.7 Å². The Kier molecular flexibility index (Phi) is 4.07. The van der Waals surface area contributed by atoms with Crippen molar-refractivity contribution in [3.8, 4) is 0 Å². The molecule has 0 saturated carbocycles. The van der Waals surface area contributed by atoms with Crippen molar-refractivity contribution in [1.82, 2.24) is 25.3 Å². The molecule has 2 aromatic heterocycles. The molecule has 0 aromatic carbocycles. The second-order valence-electron chi connectivity index (χ2n) is 5.73. The molecule has 0 bridgehead atoms. The highest BCUT2D eigenvalue weighted by atomic mass is 16.3. The van der Waals surface area contributed by atoms with Gasteiger partial charge >= 0.3 is 0 Å². The van der Waals surface area contributed by atoms with Crippen molar-refractivity contribution in [2.24, 2.45) is 0 Å². The fourth-order valence-corrected chi connectivity index (χ4v) is 3.18. The van der Waals surface area contributed by atoms with Crippen LogP contribution in [0.25, 0.3) is 0 Å². The molecule has 3 rings (SSSR count). The van der Waals surface area contributed by atoms with Crippen LogP contribution in [-0.2, 0) is 19.5 Å². The van der Waals surface area contributed by atoms with E-state index >= 15 is 0 Å². The van der Waals surface area contributed by atoms with Crippen molar-refractivity contribution >= 4 is 0 Å². The lowest BCUT2D eigenvalue weighted by molar-refractivity contribution is 0.266. The van der Waals surface area contributed by atoms with Crippen molar-refractivity contribution in [2.45, 2.75) is 52.2 Å². The molecule has 2 heterocycles. The number of hydrogen-bond acceptors (Lipinski definition) is 4. The van der Waals surface area contributed by atoms with Crippen molar-refractivity contribution in [3.05, 3.63) is 34.4 Å². The molecule has 0 spiro atoms. The van der Waals surface area contributed by atoms with E-state index in [0.717, 1.165) is 37.2 Å². The first-order valence-electron chi connectivity index (χ1n) is 7.60. The zero-order valence-electron chi connectivity index (χ0n) is 12.7. The molecule has 6 nitrogen and oxygen atoms in total. The van der Waals surface area contributed by atoms with Crippen LogP contribution >= 0.6 is 0 Å². The standard InChI is InChI=1S/C15H23N5O/c1-10-12(11(2)19-18-10)8-16-14-4-3-5-15-13(14)9-17-20(15)6-7-21/h9,14,16,21H,3-8H2,1-2H3,(H,18,19). The average molecular weight is 289 g/mol. The number of aryl methyl sites for hydroxylation is 2. The number of nitrogens with zero attached hydrogens (tertiary/aromatic N) is 3. The molecule has 6 heteroatoms. The topological polar surface area (TPSA) is 78.8 Å². The third kappa shape index (κ3) is 2.73. The van der Waals surface area contributed by atoms with Crippen molar-refractivity contribution < 1.29 is 5.11 Å². The Hall–Kier alpha value is -1.66. The van der Waals surface area contributed by atoms with Gasteiger partial charge in [-0.25, -0.2) is 0 Å². The summed E-state index contributed by atoms with van der Waals surface area (Å²) in [7, 11) is 0. The molecule has 114 valence electrons. The molecule has 0 saturated heterocycles. The number of aliphatic hydroxyl groups excluding tert-OH is 1. The van der Waals surface area contributed by atoms with Crippen molar-refractivity contribution in [2.75, 3.05) is 6.61 Å². The van der Waals surface area contributed by atoms with Crippen LogP contribution in [0.3, 0.4) is 0 Å². The molecule has 1 aliphatic carbocycles. The second-order valence-corrected chi connectivity index (χ2v) is 5.73. The average Bonchev–Trinajstić information content (AvgIpc) is 3.03. The molecular weight excluding hydrogens is 266 g/mol. The quantitative estimate of drug-likeness (QED) is 0.777. The van der Waals surface area contributed by atoms with E-state index < -0.39 is 0 Å². The monoisotopic (exact) mass is 289 g/mol. The summed E-state index contributed by atoms with van der Waals surface area (Å²) in [6.07, 6.45) is 5.30. The Labute approximate surface area is 124 Å². The predicted octanol–water partition coefficient (Wildman–Crippen LogP) is 1.38. The number of aliphatic hydroxyl groups is 1. The molecule has 1 aliphatic rings. The molecule has 0 fully saturated rings. The molecule has 0 aliphatic heterocycles. The van der Waals surface area contributed by atoms with Gasteiger partial charge in [0.1, 0.15) is 0 Å². The lowest BCUT2D eigenvalue weighted by atomic mass is 9.92. The van der Waals surface area contributed by atoms with Crippen molar-refractivity contribution in [1.29, 1.82) is 0 Å². The highest BCUT2D eigenvalue weighted by Gasteiger charge is 2.24. The van der Waals surface area contributed by atoms with E-state index in [-0.39, 0.29) is 6.61 Å². The van der Waals surface area contributed by atoms with E-state index in [0.29, 0.717) is 12.6 Å². The molecule has 2 aromatic rings. The summed E-state index contributed by atoms with van der Waals surface area (Å²) in [6, 6.07) is 0.342. The smallest absolute Gasteiger partial charge is 0.0644 e. The van der Waals surface area contributed by atoms with Gasteiger partial charge in [0.2, 0.25) is 0 Å². The summed E-state index contributed by atoms with van der Waals surface area (Å²) in [6.45, 7) is 5.64. The van der Waals surface area contributed by atoms with Crippen molar-refractivity contribution in [3.63, 3.8) is 0 Å². The number of rotatable bonds is 5. The van der Waals surface area contributed by atoms with Crippen LogP contribution in [0.2, 0.25) is 0 Å². The number of aromatic nitrogens is 4. The number of nitrogens with one attached hydrogen (secondary N) is 2. The second kappa shape index (κ2) is 5.99. The summed E-state index contributed by atoms with van der Waals surface area (Å²) in [5, 5.41) is 24.4. The van der Waals surface area contributed by atoms with Gasteiger partial charge in [0.05, 0.1) is 25.0 Å². The zero-order chi connectivity index (χ0) is 14.8. The zero-order valence-corrected chi connectivity index (χ0v) is 12.7. The molecule has 0 amide bonds. The minimum absolute atomic E-state index is 0.139.